The average molecular weight is 919 g/mol. The SMILES string of the molecule is c1ccc(N(c2ccccc2)c2cc(-c3cc4c5ccccc5n(-c5ccccc5)c4c4ccccc34)cc(N(c3ccccc3)c3ccc4c(c3)c3ccc5ccccc5c3n4-c3ccccc3)c2)cc1. The van der Waals surface area contributed by atoms with Crippen molar-refractivity contribution in [1.82, 2.24) is 9.13 Å². The highest BCUT2D eigenvalue weighted by molar-refractivity contribution is 6.23. The van der Waals surface area contributed by atoms with Gasteiger partial charge in [0, 0.05) is 77.8 Å². The van der Waals surface area contributed by atoms with Crippen molar-refractivity contribution in [2.75, 3.05) is 9.80 Å². The van der Waals surface area contributed by atoms with Crippen LogP contribution in [-0.2, 0) is 0 Å². The van der Waals surface area contributed by atoms with Crippen LogP contribution in [0.3, 0.4) is 0 Å². The van der Waals surface area contributed by atoms with E-state index >= 15 is 0 Å². The lowest BCUT2D eigenvalue weighted by atomic mass is 9.94. The summed E-state index contributed by atoms with van der Waals surface area (Å²) in [5.74, 6) is 0. The van der Waals surface area contributed by atoms with Crippen LogP contribution in [-0.4, -0.2) is 9.13 Å². The van der Waals surface area contributed by atoms with Crippen LogP contribution in [0.4, 0.5) is 34.1 Å². The Kier molecular flexibility index (Phi) is 9.82. The third-order valence-electron chi connectivity index (χ3n) is 14.4. The quantitative estimate of drug-likeness (QED) is 0.143. The minimum absolute atomic E-state index is 1.04. The monoisotopic (exact) mass is 918 g/mol. The first kappa shape index (κ1) is 41.3. The molecule has 0 aliphatic rings. The van der Waals surface area contributed by atoms with E-state index in [1.54, 1.807) is 0 Å². The molecule has 0 bridgehead atoms. The summed E-state index contributed by atoms with van der Waals surface area (Å²) in [6.07, 6.45) is 0. The molecule has 0 saturated heterocycles. The smallest absolute Gasteiger partial charge is 0.0619 e. The lowest BCUT2D eigenvalue weighted by Crippen LogP contribution is -2.13. The second kappa shape index (κ2) is 17.1. The number of aromatic nitrogens is 2. The normalized spacial score (nSPS) is 11.6. The van der Waals surface area contributed by atoms with E-state index < -0.39 is 0 Å². The number of nitrogens with zero attached hydrogens (tertiary/aromatic N) is 4. The molecular formula is C68H46N4. The van der Waals surface area contributed by atoms with Gasteiger partial charge in [-0.25, -0.2) is 0 Å². The van der Waals surface area contributed by atoms with Crippen molar-refractivity contribution in [3.05, 3.63) is 279 Å². The van der Waals surface area contributed by atoms with Gasteiger partial charge in [0.1, 0.15) is 0 Å². The van der Waals surface area contributed by atoms with Crippen molar-refractivity contribution < 1.29 is 0 Å². The van der Waals surface area contributed by atoms with E-state index in [2.05, 4.69) is 298 Å². The van der Waals surface area contributed by atoms with Crippen molar-refractivity contribution in [3.63, 3.8) is 0 Å². The van der Waals surface area contributed by atoms with E-state index in [9.17, 15) is 0 Å². The maximum absolute atomic E-state index is 2.44. The van der Waals surface area contributed by atoms with Crippen molar-refractivity contribution in [3.8, 4) is 22.5 Å². The van der Waals surface area contributed by atoms with Crippen molar-refractivity contribution in [2.45, 2.75) is 0 Å². The Bertz CT molecular complexity index is 4270. The molecule has 72 heavy (non-hydrogen) atoms. The molecule has 2 aromatic heterocycles. The molecule has 0 aliphatic carbocycles. The van der Waals surface area contributed by atoms with Gasteiger partial charge in [0.2, 0.25) is 0 Å². The molecular weight excluding hydrogens is 873 g/mol. The van der Waals surface area contributed by atoms with Crippen molar-refractivity contribution in [1.29, 1.82) is 0 Å². The number of anilines is 6. The summed E-state index contributed by atoms with van der Waals surface area (Å²) in [7, 11) is 0. The van der Waals surface area contributed by atoms with Crippen LogP contribution in [0.15, 0.2) is 279 Å². The van der Waals surface area contributed by atoms with Gasteiger partial charge in [0.15, 0.2) is 0 Å². The van der Waals surface area contributed by atoms with Crippen LogP contribution in [0.2, 0.25) is 0 Å². The highest BCUT2D eigenvalue weighted by Gasteiger charge is 2.24. The van der Waals surface area contributed by atoms with Crippen molar-refractivity contribution >= 4 is 99.3 Å². The molecule has 4 heteroatoms. The maximum atomic E-state index is 2.44. The fourth-order valence-electron chi connectivity index (χ4n) is 11.3. The second-order valence-corrected chi connectivity index (χ2v) is 18.5. The Labute approximate surface area is 417 Å². The fourth-order valence-corrected chi connectivity index (χ4v) is 11.3. The molecule has 0 unspecified atom stereocenters. The summed E-state index contributed by atoms with van der Waals surface area (Å²) in [5, 5.41) is 9.67. The van der Waals surface area contributed by atoms with Crippen molar-refractivity contribution in [2.24, 2.45) is 0 Å². The summed E-state index contributed by atoms with van der Waals surface area (Å²) in [6, 6.07) is 102. The molecule has 0 amide bonds. The lowest BCUT2D eigenvalue weighted by molar-refractivity contribution is 1.18. The predicted molar refractivity (Wildman–Crippen MR) is 305 cm³/mol. The van der Waals surface area contributed by atoms with Crippen LogP contribution in [0, 0.1) is 0 Å². The van der Waals surface area contributed by atoms with Gasteiger partial charge in [-0.05, 0) is 131 Å². The lowest BCUT2D eigenvalue weighted by Gasteiger charge is -2.30. The fraction of sp³-hybridized carbons (Fsp3) is 0. The second-order valence-electron chi connectivity index (χ2n) is 18.5. The molecule has 338 valence electrons. The van der Waals surface area contributed by atoms with E-state index in [1.807, 2.05) is 0 Å². The first-order valence-corrected chi connectivity index (χ1v) is 24.7. The Morgan fingerprint density at radius 3 is 1.28 bits per heavy atom. The Hall–Kier alpha value is -9.64. The third kappa shape index (κ3) is 6.76. The van der Waals surface area contributed by atoms with Gasteiger partial charge in [-0.2, -0.15) is 0 Å². The molecule has 0 fully saturated rings. The summed E-state index contributed by atoms with van der Waals surface area (Å²) < 4.78 is 4.88. The first-order valence-electron chi connectivity index (χ1n) is 24.7. The summed E-state index contributed by atoms with van der Waals surface area (Å²) >= 11 is 0. The van der Waals surface area contributed by atoms with Crippen LogP contribution < -0.4 is 9.80 Å². The van der Waals surface area contributed by atoms with Gasteiger partial charge in [-0.1, -0.05) is 170 Å². The van der Waals surface area contributed by atoms with Crippen LogP contribution >= 0.6 is 0 Å². The Morgan fingerprint density at radius 1 is 0.236 bits per heavy atom. The summed E-state index contributed by atoms with van der Waals surface area (Å²) in [5.41, 5.74) is 15.7. The Morgan fingerprint density at radius 2 is 0.681 bits per heavy atom. The third-order valence-corrected chi connectivity index (χ3v) is 14.4. The highest BCUT2D eigenvalue weighted by atomic mass is 15.2. The molecule has 14 aromatic rings. The number of benzene rings is 12. The summed E-state index contributed by atoms with van der Waals surface area (Å²) in [6.45, 7) is 0. The number of hydrogen-bond donors (Lipinski definition) is 0. The minimum Gasteiger partial charge on any atom is -0.310 e. The molecule has 0 atom stereocenters. The van der Waals surface area contributed by atoms with Crippen LogP contribution in [0.25, 0.3) is 87.7 Å². The van der Waals surface area contributed by atoms with Gasteiger partial charge >= 0.3 is 0 Å². The topological polar surface area (TPSA) is 16.3 Å². The molecule has 12 aromatic carbocycles. The van der Waals surface area contributed by atoms with E-state index in [1.165, 1.54) is 65.2 Å². The molecule has 0 spiro atoms. The molecule has 0 aliphatic heterocycles. The number of para-hydroxylation sites is 6. The first-order chi connectivity index (χ1) is 35.7. The molecule has 14 rings (SSSR count). The Balaban J connectivity index is 1.07. The molecule has 0 saturated carbocycles. The van der Waals surface area contributed by atoms with Gasteiger partial charge in [-0.15, -0.1) is 0 Å². The van der Waals surface area contributed by atoms with E-state index in [4.69, 9.17) is 0 Å². The zero-order valence-electron chi connectivity index (χ0n) is 39.3. The number of fused-ring (bicyclic) bond motifs is 10. The zero-order valence-corrected chi connectivity index (χ0v) is 39.3. The van der Waals surface area contributed by atoms with E-state index in [0.29, 0.717) is 0 Å². The van der Waals surface area contributed by atoms with E-state index in [0.717, 1.165) is 56.6 Å². The maximum Gasteiger partial charge on any atom is 0.0619 e. The van der Waals surface area contributed by atoms with Gasteiger partial charge in [0.05, 0.1) is 22.1 Å². The number of hydrogen-bond acceptors (Lipinski definition) is 2. The number of rotatable bonds is 9. The van der Waals surface area contributed by atoms with Gasteiger partial charge < -0.3 is 18.9 Å². The molecule has 0 radical (unpaired) electrons. The van der Waals surface area contributed by atoms with Crippen LogP contribution in [0.1, 0.15) is 0 Å². The largest absolute Gasteiger partial charge is 0.310 e. The zero-order chi connectivity index (χ0) is 47.5. The van der Waals surface area contributed by atoms with Gasteiger partial charge in [0.25, 0.3) is 0 Å². The molecule has 2 heterocycles. The molecule has 0 N–H and O–H groups in total. The van der Waals surface area contributed by atoms with Gasteiger partial charge in [-0.3, -0.25) is 0 Å². The summed E-state index contributed by atoms with van der Waals surface area (Å²) in [4.78, 5) is 4.83. The highest BCUT2D eigenvalue weighted by Crippen LogP contribution is 2.48. The van der Waals surface area contributed by atoms with Crippen LogP contribution in [0.5, 0.6) is 0 Å². The van der Waals surface area contributed by atoms with E-state index in [-0.39, 0.29) is 0 Å². The minimum atomic E-state index is 1.04. The average Bonchev–Trinajstić information content (AvgIpc) is 3.97. The molecule has 4 nitrogen and oxygen atoms in total. The standard InChI is InChI=1S/C68H46N4/c1-6-23-49(24-7-1)69(50-25-8-2-9-26-50)55-42-48(62-46-64-59-35-20-21-37-65(59)71(52-29-12-4-13-30-52)68(64)60-36-19-18-34-58(60)62)43-56(44-55)70(51-27-10-3-11-28-51)54-39-41-66-63(45-54)61-40-38-47-22-16-17-33-57(47)67(61)72(66)53-31-14-5-15-32-53/h1-46H. The predicted octanol–water partition coefficient (Wildman–Crippen LogP) is 18.8.